The first-order chi connectivity index (χ1) is 13.3. The van der Waals surface area contributed by atoms with Crippen LogP contribution < -0.4 is 9.64 Å². The molecule has 1 saturated heterocycles. The van der Waals surface area contributed by atoms with Crippen LogP contribution in [0, 0.1) is 6.92 Å². The van der Waals surface area contributed by atoms with Gasteiger partial charge in [-0.1, -0.05) is 17.7 Å². The Bertz CT molecular complexity index is 789. The highest BCUT2D eigenvalue weighted by Crippen LogP contribution is 2.31. The standard InChI is InChI=1S/C21H23F3N2O2/c1-16-4-10-19(11-5-16)28-15-3-2-12-25-13-14-26(20(25)27)18-8-6-17(7-9-18)21(22,23)24/h4-11H,2-3,12-15H2,1H3. The Hall–Kier alpha value is -2.70. The quantitative estimate of drug-likeness (QED) is 0.613. The lowest BCUT2D eigenvalue weighted by Crippen LogP contribution is -2.32. The predicted octanol–water partition coefficient (Wildman–Crippen LogP) is 5.12. The van der Waals surface area contributed by atoms with E-state index in [0.29, 0.717) is 31.9 Å². The molecule has 3 rings (SSSR count). The number of amides is 2. The van der Waals surface area contributed by atoms with E-state index < -0.39 is 11.7 Å². The van der Waals surface area contributed by atoms with Gasteiger partial charge in [-0.05, 0) is 56.2 Å². The molecule has 1 aliphatic heterocycles. The molecule has 1 aliphatic rings. The van der Waals surface area contributed by atoms with Gasteiger partial charge in [0.15, 0.2) is 0 Å². The van der Waals surface area contributed by atoms with Gasteiger partial charge in [-0.2, -0.15) is 13.2 Å². The Labute approximate surface area is 162 Å². The Morgan fingerprint density at radius 3 is 2.29 bits per heavy atom. The first-order valence-corrected chi connectivity index (χ1v) is 9.28. The van der Waals surface area contributed by atoms with Gasteiger partial charge in [-0.25, -0.2) is 4.79 Å². The average molecular weight is 392 g/mol. The van der Waals surface area contributed by atoms with Gasteiger partial charge in [0.1, 0.15) is 5.75 Å². The molecule has 0 aliphatic carbocycles. The lowest BCUT2D eigenvalue weighted by atomic mass is 10.2. The number of unbranched alkanes of at least 4 members (excludes halogenated alkanes) is 1. The fourth-order valence-corrected chi connectivity index (χ4v) is 3.09. The number of benzene rings is 2. The molecule has 2 amide bonds. The number of aryl methyl sites for hydroxylation is 1. The van der Waals surface area contributed by atoms with Crippen LogP contribution in [0.3, 0.4) is 0 Å². The average Bonchev–Trinajstić information content (AvgIpc) is 3.03. The van der Waals surface area contributed by atoms with Crippen LogP contribution in [0.1, 0.15) is 24.0 Å². The lowest BCUT2D eigenvalue weighted by molar-refractivity contribution is -0.137. The molecule has 0 spiro atoms. The molecule has 1 fully saturated rings. The second kappa shape index (κ2) is 8.54. The molecular formula is C21H23F3N2O2. The van der Waals surface area contributed by atoms with Crippen LogP contribution in [0.15, 0.2) is 48.5 Å². The number of carbonyl (C=O) groups is 1. The summed E-state index contributed by atoms with van der Waals surface area (Å²) in [5.74, 6) is 0.830. The number of ether oxygens (including phenoxy) is 1. The number of hydrogen-bond donors (Lipinski definition) is 0. The summed E-state index contributed by atoms with van der Waals surface area (Å²) in [6, 6.07) is 12.4. The first kappa shape index (κ1) is 20.0. The smallest absolute Gasteiger partial charge is 0.416 e. The highest BCUT2D eigenvalue weighted by Gasteiger charge is 2.32. The Morgan fingerprint density at radius 2 is 1.64 bits per heavy atom. The monoisotopic (exact) mass is 392 g/mol. The summed E-state index contributed by atoms with van der Waals surface area (Å²) in [6.45, 7) is 4.24. The molecular weight excluding hydrogens is 369 g/mol. The molecule has 0 atom stereocenters. The van der Waals surface area contributed by atoms with Crippen molar-refractivity contribution >= 4 is 11.7 Å². The maximum atomic E-state index is 12.7. The number of hydrogen-bond acceptors (Lipinski definition) is 2. The van der Waals surface area contributed by atoms with Gasteiger partial charge in [0.25, 0.3) is 0 Å². The van der Waals surface area contributed by atoms with Crippen LogP contribution in [0.2, 0.25) is 0 Å². The van der Waals surface area contributed by atoms with Gasteiger partial charge in [-0.3, -0.25) is 4.90 Å². The molecule has 2 aromatic carbocycles. The van der Waals surface area contributed by atoms with E-state index in [1.165, 1.54) is 22.6 Å². The van der Waals surface area contributed by atoms with Gasteiger partial charge < -0.3 is 9.64 Å². The SMILES string of the molecule is Cc1ccc(OCCCCN2CCN(c3ccc(C(F)(F)F)cc3)C2=O)cc1. The predicted molar refractivity (Wildman–Crippen MR) is 102 cm³/mol. The minimum atomic E-state index is -4.37. The zero-order chi connectivity index (χ0) is 20.1. The summed E-state index contributed by atoms with van der Waals surface area (Å²) < 4.78 is 43.7. The molecule has 4 nitrogen and oxygen atoms in total. The van der Waals surface area contributed by atoms with Crippen molar-refractivity contribution in [2.75, 3.05) is 31.1 Å². The van der Waals surface area contributed by atoms with E-state index >= 15 is 0 Å². The Morgan fingerprint density at radius 1 is 0.964 bits per heavy atom. The molecule has 0 saturated carbocycles. The normalized spacial score (nSPS) is 14.6. The van der Waals surface area contributed by atoms with Gasteiger partial charge in [-0.15, -0.1) is 0 Å². The van der Waals surface area contributed by atoms with Crippen molar-refractivity contribution in [2.24, 2.45) is 0 Å². The van der Waals surface area contributed by atoms with Crippen molar-refractivity contribution in [3.63, 3.8) is 0 Å². The van der Waals surface area contributed by atoms with Gasteiger partial charge in [0.2, 0.25) is 0 Å². The minimum Gasteiger partial charge on any atom is -0.494 e. The minimum absolute atomic E-state index is 0.167. The molecule has 0 N–H and O–H groups in total. The second-order valence-corrected chi connectivity index (χ2v) is 6.83. The largest absolute Gasteiger partial charge is 0.494 e. The topological polar surface area (TPSA) is 32.8 Å². The van der Waals surface area contributed by atoms with Crippen LogP contribution in [-0.4, -0.2) is 37.2 Å². The highest BCUT2D eigenvalue weighted by molar-refractivity contribution is 5.94. The summed E-state index contributed by atoms with van der Waals surface area (Å²) in [5.41, 5.74) is 0.953. The van der Waals surface area contributed by atoms with Crippen LogP contribution in [0.25, 0.3) is 0 Å². The number of alkyl halides is 3. The van der Waals surface area contributed by atoms with Gasteiger partial charge >= 0.3 is 12.2 Å². The summed E-state index contributed by atoms with van der Waals surface area (Å²) in [4.78, 5) is 15.7. The Balaban J connectivity index is 1.43. The van der Waals surface area contributed by atoms with Crippen molar-refractivity contribution in [2.45, 2.75) is 25.9 Å². The van der Waals surface area contributed by atoms with Crippen LogP contribution in [0.5, 0.6) is 5.75 Å². The maximum absolute atomic E-state index is 12.7. The third kappa shape index (κ3) is 4.97. The summed E-state index contributed by atoms with van der Waals surface area (Å²) in [6.07, 6.45) is -2.75. The third-order valence-corrected chi connectivity index (χ3v) is 4.71. The van der Waals surface area contributed by atoms with E-state index in [2.05, 4.69) is 0 Å². The van der Waals surface area contributed by atoms with E-state index in [1.54, 1.807) is 4.90 Å². The third-order valence-electron chi connectivity index (χ3n) is 4.71. The van der Waals surface area contributed by atoms with E-state index in [4.69, 9.17) is 4.74 Å². The number of rotatable bonds is 7. The van der Waals surface area contributed by atoms with Crippen molar-refractivity contribution in [3.05, 3.63) is 59.7 Å². The van der Waals surface area contributed by atoms with Crippen molar-refractivity contribution in [3.8, 4) is 5.75 Å². The summed E-state index contributed by atoms with van der Waals surface area (Å²) >= 11 is 0. The molecule has 28 heavy (non-hydrogen) atoms. The fourth-order valence-electron chi connectivity index (χ4n) is 3.09. The maximum Gasteiger partial charge on any atom is 0.416 e. The zero-order valence-corrected chi connectivity index (χ0v) is 15.7. The highest BCUT2D eigenvalue weighted by atomic mass is 19.4. The number of halogens is 3. The van der Waals surface area contributed by atoms with Crippen LogP contribution in [-0.2, 0) is 6.18 Å². The molecule has 2 aromatic rings. The molecule has 150 valence electrons. The van der Waals surface area contributed by atoms with Crippen LogP contribution >= 0.6 is 0 Å². The van der Waals surface area contributed by atoms with Crippen LogP contribution in [0.4, 0.5) is 23.7 Å². The van der Waals surface area contributed by atoms with E-state index in [1.807, 2.05) is 31.2 Å². The first-order valence-electron chi connectivity index (χ1n) is 9.28. The van der Waals surface area contributed by atoms with Crippen molar-refractivity contribution in [1.29, 1.82) is 0 Å². The molecule has 1 heterocycles. The van der Waals surface area contributed by atoms with E-state index in [0.717, 1.165) is 30.7 Å². The summed E-state index contributed by atoms with van der Waals surface area (Å²) in [7, 11) is 0. The van der Waals surface area contributed by atoms with Gasteiger partial charge in [0, 0.05) is 25.3 Å². The van der Waals surface area contributed by atoms with Gasteiger partial charge in [0.05, 0.1) is 12.2 Å². The second-order valence-electron chi connectivity index (χ2n) is 6.83. The Kier molecular flexibility index (Phi) is 6.11. The molecule has 0 bridgehead atoms. The number of urea groups is 1. The number of nitrogens with zero attached hydrogens (tertiary/aromatic N) is 2. The molecule has 7 heteroatoms. The molecule has 0 aromatic heterocycles. The lowest BCUT2D eigenvalue weighted by Gasteiger charge is -2.19. The van der Waals surface area contributed by atoms with E-state index in [-0.39, 0.29) is 6.03 Å². The number of anilines is 1. The zero-order valence-electron chi connectivity index (χ0n) is 15.7. The number of carbonyl (C=O) groups excluding carboxylic acids is 1. The van der Waals surface area contributed by atoms with Crippen molar-refractivity contribution < 1.29 is 22.7 Å². The molecule has 0 unspecified atom stereocenters. The molecule has 0 radical (unpaired) electrons. The summed E-state index contributed by atoms with van der Waals surface area (Å²) in [5, 5.41) is 0. The van der Waals surface area contributed by atoms with Crippen molar-refractivity contribution in [1.82, 2.24) is 4.90 Å². The fraction of sp³-hybridized carbons (Fsp3) is 0.381. The van der Waals surface area contributed by atoms with E-state index in [9.17, 15) is 18.0 Å².